The molecule has 1 aromatic heterocycles. The molecule has 0 spiro atoms. The van der Waals surface area contributed by atoms with E-state index in [0.717, 1.165) is 34.2 Å². The van der Waals surface area contributed by atoms with E-state index in [4.69, 9.17) is 17.3 Å². The van der Waals surface area contributed by atoms with Crippen molar-refractivity contribution in [3.05, 3.63) is 79.2 Å². The number of benzene rings is 2. The number of primary amides is 1. The van der Waals surface area contributed by atoms with E-state index < -0.39 is 40.8 Å². The SMILES string of the molecule is CC(C)(C)c1ccc([C@@H]2c3sc(=O)n(CC(=O)Nc4ccc(Cl)cc4)c3SC3C(=O)N(C(N)=O)C(=O)C32)cc1. The minimum Gasteiger partial charge on any atom is -0.351 e. The number of anilines is 1. The highest BCUT2D eigenvalue weighted by Gasteiger charge is 2.57. The Morgan fingerprint density at radius 2 is 1.64 bits per heavy atom. The van der Waals surface area contributed by atoms with Crippen LogP contribution in [0, 0.1) is 5.92 Å². The molecule has 2 aromatic carbocycles. The van der Waals surface area contributed by atoms with E-state index in [2.05, 4.69) is 26.1 Å². The number of fused-ring (bicyclic) bond motifs is 2. The predicted octanol–water partition coefficient (Wildman–Crippen LogP) is 4.17. The van der Waals surface area contributed by atoms with Crippen molar-refractivity contribution in [2.75, 3.05) is 5.32 Å². The zero-order valence-electron chi connectivity index (χ0n) is 21.3. The first-order valence-electron chi connectivity index (χ1n) is 12.1. The Balaban J connectivity index is 1.56. The molecule has 5 amide bonds. The Kier molecular flexibility index (Phi) is 6.94. The molecule has 39 heavy (non-hydrogen) atoms. The molecule has 3 heterocycles. The summed E-state index contributed by atoms with van der Waals surface area (Å²) in [5, 5.41) is 2.71. The van der Waals surface area contributed by atoms with Crippen LogP contribution in [0.1, 0.15) is 42.7 Å². The number of carbonyl (C=O) groups excluding carboxylic acids is 4. The van der Waals surface area contributed by atoms with Gasteiger partial charge in [-0.2, -0.15) is 4.90 Å². The lowest BCUT2D eigenvalue weighted by Gasteiger charge is -2.31. The molecular weight excluding hydrogens is 560 g/mol. The van der Waals surface area contributed by atoms with Crippen molar-refractivity contribution in [3.8, 4) is 0 Å². The zero-order valence-corrected chi connectivity index (χ0v) is 23.7. The summed E-state index contributed by atoms with van der Waals surface area (Å²) in [5.74, 6) is -3.44. The Labute approximate surface area is 237 Å². The summed E-state index contributed by atoms with van der Waals surface area (Å²) in [6.45, 7) is 5.95. The summed E-state index contributed by atoms with van der Waals surface area (Å²) < 4.78 is 1.31. The summed E-state index contributed by atoms with van der Waals surface area (Å²) in [6.07, 6.45) is 0. The lowest BCUT2D eigenvalue weighted by atomic mass is 9.81. The number of carbonyl (C=O) groups is 4. The van der Waals surface area contributed by atoms with Gasteiger partial charge >= 0.3 is 10.9 Å². The van der Waals surface area contributed by atoms with Gasteiger partial charge in [-0.25, -0.2) is 4.79 Å². The summed E-state index contributed by atoms with van der Waals surface area (Å²) in [6, 6.07) is 13.1. The van der Waals surface area contributed by atoms with Crippen LogP contribution in [0.3, 0.4) is 0 Å². The van der Waals surface area contributed by atoms with Crippen molar-refractivity contribution >= 4 is 64.1 Å². The fourth-order valence-electron chi connectivity index (χ4n) is 4.90. The van der Waals surface area contributed by atoms with E-state index in [9.17, 15) is 24.0 Å². The lowest BCUT2D eigenvalue weighted by molar-refractivity contribution is -0.135. The predicted molar refractivity (Wildman–Crippen MR) is 150 cm³/mol. The number of nitrogens with two attached hydrogens (primary N) is 1. The van der Waals surface area contributed by atoms with Crippen molar-refractivity contribution in [2.24, 2.45) is 11.7 Å². The molecule has 2 aliphatic rings. The van der Waals surface area contributed by atoms with Gasteiger partial charge in [0.05, 0.1) is 10.9 Å². The monoisotopic (exact) mass is 584 g/mol. The standard InChI is InChI=1S/C27H25ClN4O5S2/c1-27(2,3)14-6-4-13(5-7-14)18-19-20(23(35)32(22(19)34)25(29)36)38-24-21(18)39-26(37)31(24)12-17(33)30-16-10-8-15(28)9-11-16/h4-11,18-20H,12H2,1-3H3,(H2,29,36)(H,30,33)/t18-,19?,20?/m0/s1. The molecule has 0 bridgehead atoms. The molecule has 1 saturated heterocycles. The second-order valence-corrected chi connectivity index (χ2v) is 13.0. The van der Waals surface area contributed by atoms with Crippen LogP contribution in [0.4, 0.5) is 10.5 Å². The number of nitrogens with zero attached hydrogens (tertiary/aromatic N) is 2. The number of hydrogen-bond donors (Lipinski definition) is 2. The summed E-state index contributed by atoms with van der Waals surface area (Å²) in [7, 11) is 0. The smallest absolute Gasteiger partial charge is 0.328 e. The maximum atomic E-state index is 13.3. The number of hydrogen-bond acceptors (Lipinski definition) is 7. The Hall–Kier alpha value is -3.41. The number of thioether (sulfide) groups is 1. The van der Waals surface area contributed by atoms with Crippen LogP contribution < -0.4 is 15.9 Å². The molecular formula is C27H25ClN4O5S2. The van der Waals surface area contributed by atoms with E-state index in [1.807, 2.05) is 24.3 Å². The molecule has 3 aromatic rings. The van der Waals surface area contributed by atoms with E-state index in [-0.39, 0.29) is 16.8 Å². The minimum absolute atomic E-state index is 0.109. The second-order valence-electron chi connectivity index (χ2n) is 10.4. The zero-order chi connectivity index (χ0) is 28.2. The normalized spacial score (nSPS) is 20.5. The maximum Gasteiger partial charge on any atom is 0.328 e. The number of amides is 5. The molecule has 1 fully saturated rings. The van der Waals surface area contributed by atoms with E-state index in [1.54, 1.807) is 24.3 Å². The molecule has 3 atom stereocenters. The summed E-state index contributed by atoms with van der Waals surface area (Å²) >= 11 is 7.86. The average Bonchev–Trinajstić information content (AvgIpc) is 3.31. The van der Waals surface area contributed by atoms with Gasteiger partial charge in [-0.1, -0.05) is 79.7 Å². The molecule has 2 aliphatic heterocycles. The van der Waals surface area contributed by atoms with Gasteiger partial charge in [-0.3, -0.25) is 23.7 Å². The van der Waals surface area contributed by atoms with Gasteiger partial charge in [0.2, 0.25) is 11.8 Å². The van der Waals surface area contributed by atoms with Crippen LogP contribution in [-0.4, -0.2) is 38.5 Å². The minimum atomic E-state index is -1.13. The fourth-order valence-corrected chi connectivity index (χ4v) is 7.80. The number of halogens is 1. The van der Waals surface area contributed by atoms with Gasteiger partial charge in [-0.05, 0) is 40.8 Å². The number of urea groups is 1. The molecule has 202 valence electrons. The number of aromatic nitrogens is 1. The number of rotatable bonds is 4. The molecule has 0 saturated carbocycles. The van der Waals surface area contributed by atoms with Crippen LogP contribution >= 0.6 is 34.7 Å². The molecule has 5 rings (SSSR count). The van der Waals surface area contributed by atoms with Crippen molar-refractivity contribution < 1.29 is 19.2 Å². The highest BCUT2D eigenvalue weighted by Crippen LogP contribution is 2.53. The van der Waals surface area contributed by atoms with E-state index >= 15 is 0 Å². The Bertz CT molecular complexity index is 1560. The van der Waals surface area contributed by atoms with E-state index in [0.29, 0.717) is 25.5 Å². The van der Waals surface area contributed by atoms with Crippen molar-refractivity contribution in [3.63, 3.8) is 0 Å². The van der Waals surface area contributed by atoms with Crippen LogP contribution in [-0.2, 0) is 26.3 Å². The third kappa shape index (κ3) is 4.90. The highest BCUT2D eigenvalue weighted by atomic mass is 35.5. The number of nitrogens with one attached hydrogen (secondary N) is 1. The highest BCUT2D eigenvalue weighted by molar-refractivity contribution is 8.00. The molecule has 3 N–H and O–H groups in total. The number of likely N-dealkylation sites (tertiary alicyclic amines) is 1. The first kappa shape index (κ1) is 27.2. The summed E-state index contributed by atoms with van der Waals surface area (Å²) in [5.41, 5.74) is 7.60. The van der Waals surface area contributed by atoms with Crippen molar-refractivity contribution in [2.45, 2.75) is 48.9 Å². The van der Waals surface area contributed by atoms with Crippen LogP contribution in [0.5, 0.6) is 0 Å². The van der Waals surface area contributed by atoms with Gasteiger partial charge < -0.3 is 11.1 Å². The lowest BCUT2D eigenvalue weighted by Crippen LogP contribution is -2.41. The Morgan fingerprint density at radius 3 is 2.23 bits per heavy atom. The molecule has 2 unspecified atom stereocenters. The third-order valence-corrected chi connectivity index (χ3v) is 9.69. The quantitative estimate of drug-likeness (QED) is 0.443. The second kappa shape index (κ2) is 9.96. The van der Waals surface area contributed by atoms with Crippen LogP contribution in [0.2, 0.25) is 5.02 Å². The van der Waals surface area contributed by atoms with Gasteiger partial charge in [0.25, 0.3) is 5.91 Å². The molecule has 12 heteroatoms. The third-order valence-electron chi connectivity index (χ3n) is 6.84. The van der Waals surface area contributed by atoms with Crippen LogP contribution in [0.25, 0.3) is 0 Å². The Morgan fingerprint density at radius 1 is 1.00 bits per heavy atom. The van der Waals surface area contributed by atoms with Gasteiger partial charge in [0.15, 0.2) is 0 Å². The van der Waals surface area contributed by atoms with Gasteiger partial charge in [0, 0.05) is 21.5 Å². The molecule has 0 aliphatic carbocycles. The average molecular weight is 585 g/mol. The van der Waals surface area contributed by atoms with Crippen LogP contribution in [0.15, 0.2) is 58.4 Å². The van der Waals surface area contributed by atoms with Gasteiger partial charge in [0.1, 0.15) is 11.8 Å². The first-order valence-corrected chi connectivity index (χ1v) is 14.2. The fraction of sp³-hybridized carbons (Fsp3) is 0.296. The number of thiazole rings is 1. The largest absolute Gasteiger partial charge is 0.351 e. The molecule has 0 radical (unpaired) electrons. The van der Waals surface area contributed by atoms with E-state index in [1.165, 1.54) is 4.57 Å². The molecule has 9 nitrogen and oxygen atoms in total. The van der Waals surface area contributed by atoms with Gasteiger partial charge in [-0.15, -0.1) is 0 Å². The topological polar surface area (TPSA) is 132 Å². The summed E-state index contributed by atoms with van der Waals surface area (Å²) in [4.78, 5) is 65.3. The first-order chi connectivity index (χ1) is 18.4. The number of imide groups is 3. The maximum absolute atomic E-state index is 13.3. The van der Waals surface area contributed by atoms with Crippen molar-refractivity contribution in [1.29, 1.82) is 0 Å². The van der Waals surface area contributed by atoms with Crippen molar-refractivity contribution in [1.82, 2.24) is 9.47 Å².